The molecule has 0 aliphatic rings. The third-order valence-electron chi connectivity index (χ3n) is 3.95. The number of amides is 2. The maximum atomic E-state index is 12.9. The van der Waals surface area contributed by atoms with Gasteiger partial charge in [-0.2, -0.15) is 0 Å². The van der Waals surface area contributed by atoms with E-state index in [-0.39, 0.29) is 11.8 Å². The van der Waals surface area contributed by atoms with Gasteiger partial charge in [0, 0.05) is 24.8 Å². The maximum absolute atomic E-state index is 12.9. The van der Waals surface area contributed by atoms with Gasteiger partial charge in [-0.3, -0.25) is 0 Å². The first-order valence-corrected chi connectivity index (χ1v) is 8.68. The van der Waals surface area contributed by atoms with Crippen LogP contribution >= 0.6 is 0 Å². The van der Waals surface area contributed by atoms with E-state index < -0.39 is 0 Å². The van der Waals surface area contributed by atoms with Gasteiger partial charge in [0.2, 0.25) is 0 Å². The summed E-state index contributed by atoms with van der Waals surface area (Å²) in [6.45, 7) is 2.31. The second kappa shape index (κ2) is 10.4. The predicted octanol–water partition coefficient (Wildman–Crippen LogP) is 3.87. The third kappa shape index (κ3) is 7.11. The number of hydrogen-bond acceptors (Lipinski definition) is 3. The molecule has 0 unspecified atom stereocenters. The molecule has 5 nitrogen and oxygen atoms in total. The highest BCUT2D eigenvalue weighted by atomic mass is 19.1. The van der Waals surface area contributed by atoms with Crippen LogP contribution in [-0.2, 0) is 6.54 Å². The molecule has 0 aromatic heterocycles. The van der Waals surface area contributed by atoms with Gasteiger partial charge in [0.1, 0.15) is 11.6 Å². The Balaban J connectivity index is 1.59. The molecule has 0 fully saturated rings. The minimum atomic E-state index is -0.224. The van der Waals surface area contributed by atoms with Gasteiger partial charge >= 0.3 is 6.03 Å². The van der Waals surface area contributed by atoms with Crippen molar-refractivity contribution in [2.24, 2.45) is 0 Å². The zero-order chi connectivity index (χ0) is 18.8. The third-order valence-corrected chi connectivity index (χ3v) is 3.95. The molecule has 0 bridgehead atoms. The average molecular weight is 359 g/mol. The molecule has 6 heteroatoms. The fraction of sp³-hybridized carbons (Fsp3) is 0.350. The van der Waals surface area contributed by atoms with Crippen molar-refractivity contribution < 1.29 is 13.9 Å². The number of methoxy groups -OCH3 is 1. The van der Waals surface area contributed by atoms with Crippen LogP contribution in [-0.4, -0.2) is 38.2 Å². The topological polar surface area (TPSA) is 53.6 Å². The van der Waals surface area contributed by atoms with Crippen LogP contribution in [0.3, 0.4) is 0 Å². The first kappa shape index (κ1) is 19.7. The van der Waals surface area contributed by atoms with Crippen molar-refractivity contribution in [1.29, 1.82) is 0 Å². The summed E-state index contributed by atoms with van der Waals surface area (Å²) in [6.07, 6.45) is 1.86. The zero-order valence-electron chi connectivity index (χ0n) is 15.3. The van der Waals surface area contributed by atoms with E-state index in [1.165, 1.54) is 12.1 Å². The van der Waals surface area contributed by atoms with Gasteiger partial charge in [-0.05, 0) is 56.3 Å². The zero-order valence-corrected chi connectivity index (χ0v) is 15.3. The van der Waals surface area contributed by atoms with Crippen LogP contribution in [0.4, 0.5) is 14.9 Å². The van der Waals surface area contributed by atoms with E-state index in [4.69, 9.17) is 4.74 Å². The summed E-state index contributed by atoms with van der Waals surface area (Å²) < 4.78 is 18.0. The summed E-state index contributed by atoms with van der Waals surface area (Å²) in [4.78, 5) is 14.1. The van der Waals surface area contributed by atoms with Crippen LogP contribution in [0.5, 0.6) is 5.75 Å². The minimum Gasteiger partial charge on any atom is -0.497 e. The van der Waals surface area contributed by atoms with Gasteiger partial charge < -0.3 is 20.3 Å². The number of benzene rings is 2. The Labute approximate surface area is 154 Å². The normalized spacial score (nSPS) is 10.6. The molecule has 2 N–H and O–H groups in total. The Morgan fingerprint density at radius 1 is 1.15 bits per heavy atom. The summed E-state index contributed by atoms with van der Waals surface area (Å²) in [6, 6.07) is 13.6. The molecular formula is C20H26FN3O2. The Morgan fingerprint density at radius 2 is 1.92 bits per heavy atom. The molecule has 0 spiro atoms. The summed E-state index contributed by atoms with van der Waals surface area (Å²) in [7, 11) is 3.62. The van der Waals surface area contributed by atoms with Crippen LogP contribution in [0.1, 0.15) is 18.4 Å². The van der Waals surface area contributed by atoms with E-state index >= 15 is 0 Å². The van der Waals surface area contributed by atoms with Crippen molar-refractivity contribution in [3.8, 4) is 5.75 Å². The number of halogens is 1. The van der Waals surface area contributed by atoms with Gasteiger partial charge in [0.15, 0.2) is 0 Å². The summed E-state index contributed by atoms with van der Waals surface area (Å²) >= 11 is 0. The summed E-state index contributed by atoms with van der Waals surface area (Å²) in [5, 5.41) is 5.63. The Hall–Kier alpha value is -2.60. The van der Waals surface area contributed by atoms with Crippen LogP contribution in [0.2, 0.25) is 0 Å². The molecule has 0 heterocycles. The molecule has 2 aromatic rings. The minimum absolute atomic E-state index is 0.213. The largest absolute Gasteiger partial charge is 0.497 e. The fourth-order valence-corrected chi connectivity index (χ4v) is 2.57. The quantitative estimate of drug-likeness (QED) is 0.668. The van der Waals surface area contributed by atoms with Gasteiger partial charge in [-0.15, -0.1) is 0 Å². The van der Waals surface area contributed by atoms with Crippen molar-refractivity contribution in [3.05, 3.63) is 59.9 Å². The van der Waals surface area contributed by atoms with E-state index in [2.05, 4.69) is 15.5 Å². The Morgan fingerprint density at radius 3 is 2.65 bits per heavy atom. The van der Waals surface area contributed by atoms with Crippen LogP contribution in [0.15, 0.2) is 48.5 Å². The predicted molar refractivity (Wildman–Crippen MR) is 102 cm³/mol. The number of carbonyl (C=O) groups is 1. The van der Waals surface area contributed by atoms with E-state index in [1.807, 2.05) is 25.2 Å². The monoisotopic (exact) mass is 359 g/mol. The van der Waals surface area contributed by atoms with Crippen LogP contribution < -0.4 is 15.4 Å². The highest BCUT2D eigenvalue weighted by molar-refractivity contribution is 5.89. The van der Waals surface area contributed by atoms with Crippen molar-refractivity contribution in [2.75, 3.05) is 32.6 Å². The Bertz CT molecular complexity index is 692. The van der Waals surface area contributed by atoms with Crippen molar-refractivity contribution in [2.45, 2.75) is 19.4 Å². The lowest BCUT2D eigenvalue weighted by Crippen LogP contribution is -2.30. The van der Waals surface area contributed by atoms with Crippen molar-refractivity contribution in [3.63, 3.8) is 0 Å². The van der Waals surface area contributed by atoms with Gasteiger partial charge in [0.05, 0.1) is 7.11 Å². The lowest BCUT2D eigenvalue weighted by atomic mass is 10.2. The number of carbonyl (C=O) groups excluding carboxylic acids is 1. The molecule has 0 atom stereocenters. The number of nitrogens with zero attached hydrogens (tertiary/aromatic N) is 1. The molecule has 26 heavy (non-hydrogen) atoms. The lowest BCUT2D eigenvalue weighted by Gasteiger charge is -2.16. The number of nitrogens with one attached hydrogen (secondary N) is 2. The van der Waals surface area contributed by atoms with Crippen LogP contribution in [0, 0.1) is 5.82 Å². The van der Waals surface area contributed by atoms with Gasteiger partial charge in [-0.25, -0.2) is 9.18 Å². The molecule has 0 saturated heterocycles. The molecular weight excluding hydrogens is 333 g/mol. The van der Waals surface area contributed by atoms with Crippen molar-refractivity contribution >= 4 is 11.7 Å². The smallest absolute Gasteiger partial charge is 0.319 e. The van der Waals surface area contributed by atoms with Crippen LogP contribution in [0.25, 0.3) is 0 Å². The number of rotatable bonds is 9. The molecule has 0 radical (unpaired) electrons. The molecule has 0 aliphatic heterocycles. The first-order valence-electron chi connectivity index (χ1n) is 8.68. The second-order valence-electron chi connectivity index (χ2n) is 6.18. The molecule has 2 amide bonds. The standard InChI is InChI=1S/C20H26FN3O2/c1-24(15-16-8-10-17(21)11-9-16)13-4-3-12-22-20(25)23-18-6-5-7-19(14-18)26-2/h5-11,14H,3-4,12-13,15H2,1-2H3,(H2,22,23,25). The molecule has 0 aliphatic carbocycles. The summed E-state index contributed by atoms with van der Waals surface area (Å²) in [5.41, 5.74) is 1.78. The number of ether oxygens (including phenoxy) is 1. The van der Waals surface area contributed by atoms with E-state index in [1.54, 1.807) is 25.3 Å². The van der Waals surface area contributed by atoms with E-state index in [0.29, 0.717) is 18.0 Å². The molecule has 2 rings (SSSR count). The summed E-state index contributed by atoms with van der Waals surface area (Å²) in [5.74, 6) is 0.488. The number of hydrogen-bond donors (Lipinski definition) is 2. The van der Waals surface area contributed by atoms with Gasteiger partial charge in [0.25, 0.3) is 0 Å². The SMILES string of the molecule is COc1cccc(NC(=O)NCCCCN(C)Cc2ccc(F)cc2)c1. The van der Waals surface area contributed by atoms with E-state index in [0.717, 1.165) is 31.5 Å². The van der Waals surface area contributed by atoms with Crippen molar-refractivity contribution in [1.82, 2.24) is 10.2 Å². The van der Waals surface area contributed by atoms with E-state index in [9.17, 15) is 9.18 Å². The second-order valence-corrected chi connectivity index (χ2v) is 6.18. The number of unbranched alkanes of at least 4 members (excludes halogenated alkanes) is 1. The average Bonchev–Trinajstić information content (AvgIpc) is 2.63. The lowest BCUT2D eigenvalue weighted by molar-refractivity contribution is 0.251. The Kier molecular flexibility index (Phi) is 7.89. The highest BCUT2D eigenvalue weighted by Gasteiger charge is 2.03. The van der Waals surface area contributed by atoms with Gasteiger partial charge in [-0.1, -0.05) is 18.2 Å². The maximum Gasteiger partial charge on any atom is 0.319 e. The first-order chi connectivity index (χ1) is 12.6. The fourth-order valence-electron chi connectivity index (χ4n) is 2.57. The number of anilines is 1. The molecule has 140 valence electrons. The highest BCUT2D eigenvalue weighted by Crippen LogP contribution is 2.16. The molecule has 0 saturated carbocycles. The molecule has 2 aromatic carbocycles. The number of urea groups is 1.